The Labute approximate surface area is 489 Å². The molecule has 1 aromatic carbocycles. The van der Waals surface area contributed by atoms with Crippen molar-refractivity contribution in [1.29, 1.82) is 0 Å². The van der Waals surface area contributed by atoms with Gasteiger partial charge < -0.3 is 30.1 Å². The highest BCUT2D eigenvalue weighted by Crippen LogP contribution is 2.27. The Bertz CT molecular complexity index is 1150. The van der Waals surface area contributed by atoms with E-state index in [0.29, 0.717) is 6.10 Å². The largest absolute Gasteiger partial charge is 0.376 e. The standard InChI is InChI=1S/2C8H17N.2C8H16.C8H10.2C7H15N.C7H14.C6H13NO.4CH4/c1-3-8-5-4-6-9(2)7-8;1-3-8-6-4-5-7-9(8)2;3*1-2-8-6-4-3-5-7-8;1-7-3-5-8(2)6-4-7;1-2-7-4-3-5-8-6-7;1-7-5-3-2-4-6-7;1-2-6-5-7-3-4-8-6;;;;/h2*8H,3-7H2,1-2H3;2*8H,2-7H2,1H3;3-7H,2H2,1H3;7H,3-6H2,1-2H3;7-8H,2-6H2,1H3;7H,2-6H2,1H3;6-7H,2-5H2,1H3;4*1H4/t;;;;;;;;6-;;;;/m........1..../s1. The van der Waals surface area contributed by atoms with Gasteiger partial charge in [-0.05, 0) is 172 Å². The third-order valence-corrected chi connectivity index (χ3v) is 17.9. The molecule has 0 spiro atoms. The molecule has 0 amide bonds. The first-order valence-corrected chi connectivity index (χ1v) is 32.7. The van der Waals surface area contributed by atoms with Crippen molar-refractivity contribution in [1.82, 2.24) is 25.3 Å². The molecular weight excluding hydrogens is 939 g/mol. The second-order valence-corrected chi connectivity index (χ2v) is 24.3. The molecule has 8 aliphatic rings. The van der Waals surface area contributed by atoms with E-state index in [9.17, 15) is 0 Å². The van der Waals surface area contributed by atoms with Crippen molar-refractivity contribution in [2.75, 3.05) is 86.7 Å². The van der Waals surface area contributed by atoms with E-state index in [-0.39, 0.29) is 29.7 Å². The highest BCUT2D eigenvalue weighted by atomic mass is 16.5. The molecule has 5 aliphatic heterocycles. The van der Waals surface area contributed by atoms with E-state index in [1.165, 1.54) is 238 Å². The lowest BCUT2D eigenvalue weighted by Gasteiger charge is -2.31. The summed E-state index contributed by atoms with van der Waals surface area (Å²) in [5, 5.41) is 6.65. The highest BCUT2D eigenvalue weighted by Gasteiger charge is 2.17. The molecule has 0 bridgehead atoms. The Morgan fingerprint density at radius 1 is 0.429 bits per heavy atom. The maximum absolute atomic E-state index is 5.36. The van der Waals surface area contributed by atoms with Crippen LogP contribution in [0.3, 0.4) is 0 Å². The van der Waals surface area contributed by atoms with Crippen molar-refractivity contribution in [2.45, 2.75) is 303 Å². The molecule has 3 unspecified atom stereocenters. The van der Waals surface area contributed by atoms with Crippen LogP contribution in [-0.4, -0.2) is 113 Å². The van der Waals surface area contributed by atoms with Crippen LogP contribution < -0.4 is 10.6 Å². The van der Waals surface area contributed by atoms with Gasteiger partial charge in [0.2, 0.25) is 0 Å². The van der Waals surface area contributed by atoms with Crippen LogP contribution in [0.2, 0.25) is 0 Å². The third kappa shape index (κ3) is 47.2. The highest BCUT2D eigenvalue weighted by molar-refractivity contribution is 5.13. The molecule has 4 atom stereocenters. The summed E-state index contributed by atoms with van der Waals surface area (Å²) in [5.74, 6) is 6.15. The maximum atomic E-state index is 5.36. The van der Waals surface area contributed by atoms with Gasteiger partial charge in [-0.15, -0.1) is 0 Å². The van der Waals surface area contributed by atoms with Crippen LogP contribution in [0.1, 0.15) is 290 Å². The Morgan fingerprint density at radius 2 is 0.909 bits per heavy atom. The molecule has 8 fully saturated rings. The molecule has 1 aromatic rings. The first-order valence-electron chi connectivity index (χ1n) is 32.7. The average Bonchev–Trinajstić information content (AvgIpc) is 3.46. The zero-order valence-electron chi connectivity index (χ0n) is 51.7. The average molecular weight is 1090 g/mol. The summed E-state index contributed by atoms with van der Waals surface area (Å²) >= 11 is 0. The van der Waals surface area contributed by atoms with E-state index in [2.05, 4.69) is 133 Å². The molecule has 464 valence electrons. The quantitative estimate of drug-likeness (QED) is 0.284. The van der Waals surface area contributed by atoms with Gasteiger partial charge in [-0.1, -0.05) is 251 Å². The zero-order valence-corrected chi connectivity index (χ0v) is 51.7. The molecule has 5 heterocycles. The number of hydrogen-bond acceptors (Lipinski definition) is 6. The fraction of sp³-hybridized carbons (Fsp3) is 0.915. The molecular formula is C71H149N5O. The van der Waals surface area contributed by atoms with Crippen LogP contribution in [0.25, 0.3) is 0 Å². The van der Waals surface area contributed by atoms with Crippen LogP contribution in [0.15, 0.2) is 30.3 Å². The first-order chi connectivity index (χ1) is 35.5. The van der Waals surface area contributed by atoms with Gasteiger partial charge in [0.05, 0.1) is 12.7 Å². The summed E-state index contributed by atoms with van der Waals surface area (Å²) in [4.78, 5) is 7.33. The van der Waals surface area contributed by atoms with Gasteiger partial charge in [0, 0.05) is 25.7 Å². The second-order valence-electron chi connectivity index (χ2n) is 24.3. The lowest BCUT2D eigenvalue weighted by atomic mass is 9.88. The fourth-order valence-electron chi connectivity index (χ4n) is 11.8. The van der Waals surface area contributed by atoms with E-state index in [0.717, 1.165) is 74.1 Å². The molecule has 2 N–H and O–H groups in total. The predicted molar refractivity (Wildman–Crippen MR) is 354 cm³/mol. The summed E-state index contributed by atoms with van der Waals surface area (Å²) in [6.45, 7) is 32.5. The molecule has 0 aromatic heterocycles. The number of nitrogens with zero attached hydrogens (tertiary/aromatic N) is 3. The topological polar surface area (TPSA) is 43.0 Å². The predicted octanol–water partition coefficient (Wildman–Crippen LogP) is 20.1. The Kier molecular flexibility index (Phi) is 62.3. The maximum Gasteiger partial charge on any atom is 0.0697 e. The zero-order chi connectivity index (χ0) is 53.6. The minimum absolute atomic E-state index is 0. The van der Waals surface area contributed by atoms with Crippen molar-refractivity contribution in [3.63, 3.8) is 0 Å². The number of morpholine rings is 1. The summed E-state index contributed by atoms with van der Waals surface area (Å²) in [6.07, 6.45) is 44.9. The number of piperidine rings is 4. The molecule has 6 heteroatoms. The number of likely N-dealkylation sites (tertiary alicyclic amines) is 3. The van der Waals surface area contributed by atoms with E-state index in [4.69, 9.17) is 4.74 Å². The SMILES string of the molecule is C.C.C.C.CC1CCCCC1.CC1CCN(C)CC1.CCC1CCCCC1.CCC1CCCCC1.CCC1CCCCN1C.CCC1CCCN(C)C1.CCC1CCCNC1.CC[C@@H]1CNCCO1.CCc1ccccc1. The third-order valence-electron chi connectivity index (χ3n) is 17.9. The number of nitrogens with one attached hydrogen (secondary N) is 2. The lowest BCUT2D eigenvalue weighted by Crippen LogP contribution is -2.37. The Morgan fingerprint density at radius 3 is 1.22 bits per heavy atom. The van der Waals surface area contributed by atoms with E-state index in [1.807, 2.05) is 6.07 Å². The Hall–Kier alpha value is -1.02. The summed E-state index contributed by atoms with van der Waals surface area (Å²) in [7, 11) is 6.67. The van der Waals surface area contributed by atoms with Gasteiger partial charge in [0.1, 0.15) is 0 Å². The van der Waals surface area contributed by atoms with Crippen LogP contribution in [0.4, 0.5) is 0 Å². The smallest absolute Gasteiger partial charge is 0.0697 e. The molecule has 3 aliphatic carbocycles. The summed E-state index contributed by atoms with van der Waals surface area (Å²) < 4.78 is 5.36. The molecule has 6 nitrogen and oxygen atoms in total. The van der Waals surface area contributed by atoms with Gasteiger partial charge in [0.15, 0.2) is 0 Å². The Balaban J connectivity index is -0.000000387. The van der Waals surface area contributed by atoms with Crippen molar-refractivity contribution < 1.29 is 4.74 Å². The molecule has 3 saturated carbocycles. The monoisotopic (exact) mass is 1090 g/mol. The minimum atomic E-state index is 0. The number of aryl methyl sites for hydroxylation is 1. The molecule has 0 radical (unpaired) electrons. The summed E-state index contributed by atoms with van der Waals surface area (Å²) in [6, 6.07) is 11.3. The molecule has 77 heavy (non-hydrogen) atoms. The van der Waals surface area contributed by atoms with Crippen LogP contribution in [-0.2, 0) is 11.2 Å². The van der Waals surface area contributed by atoms with E-state index >= 15 is 0 Å². The second kappa shape index (κ2) is 58.2. The number of benzene rings is 1. The van der Waals surface area contributed by atoms with Crippen molar-refractivity contribution in [3.05, 3.63) is 35.9 Å². The summed E-state index contributed by atoms with van der Waals surface area (Å²) in [5.41, 5.74) is 1.41. The molecule has 9 rings (SSSR count). The van der Waals surface area contributed by atoms with Crippen LogP contribution in [0.5, 0.6) is 0 Å². The minimum Gasteiger partial charge on any atom is -0.376 e. The number of rotatable bonds is 7. The normalized spacial score (nSPS) is 24.4. The number of ether oxygens (including phenoxy) is 1. The lowest BCUT2D eigenvalue weighted by molar-refractivity contribution is 0.0267. The van der Waals surface area contributed by atoms with Crippen molar-refractivity contribution >= 4 is 0 Å². The van der Waals surface area contributed by atoms with E-state index < -0.39 is 0 Å². The van der Waals surface area contributed by atoms with Crippen LogP contribution in [0, 0.1) is 35.5 Å². The number of hydrogen-bond donors (Lipinski definition) is 2. The van der Waals surface area contributed by atoms with Crippen molar-refractivity contribution in [2.24, 2.45) is 35.5 Å². The first kappa shape index (κ1) is 82.4. The van der Waals surface area contributed by atoms with Gasteiger partial charge in [-0.25, -0.2) is 0 Å². The van der Waals surface area contributed by atoms with Gasteiger partial charge in [-0.3, -0.25) is 0 Å². The molecule has 5 saturated heterocycles. The van der Waals surface area contributed by atoms with Gasteiger partial charge >= 0.3 is 0 Å². The van der Waals surface area contributed by atoms with Crippen molar-refractivity contribution in [3.8, 4) is 0 Å². The van der Waals surface area contributed by atoms with E-state index in [1.54, 1.807) is 0 Å². The van der Waals surface area contributed by atoms with Gasteiger partial charge in [0.25, 0.3) is 0 Å². The van der Waals surface area contributed by atoms with Gasteiger partial charge in [-0.2, -0.15) is 0 Å². The fourth-order valence-corrected chi connectivity index (χ4v) is 11.8. The van der Waals surface area contributed by atoms with Crippen LogP contribution >= 0.6 is 0 Å².